The van der Waals surface area contributed by atoms with Gasteiger partial charge in [0.05, 0.1) is 0 Å². The summed E-state index contributed by atoms with van der Waals surface area (Å²) < 4.78 is 0. The van der Waals surface area contributed by atoms with Crippen molar-refractivity contribution in [1.82, 2.24) is 0 Å². The van der Waals surface area contributed by atoms with E-state index in [1.165, 1.54) is 49.7 Å². The third kappa shape index (κ3) is 4.69. The quantitative estimate of drug-likeness (QED) is 0.666. The molecule has 0 saturated heterocycles. The van der Waals surface area contributed by atoms with Crippen molar-refractivity contribution in [2.24, 2.45) is 0 Å². The SMILES string of the molecule is CCCCCCCCc1ccc(O)cc1C. The molecular weight excluding hydrogens is 196 g/mol. The molecule has 1 nitrogen and oxygen atoms in total. The molecule has 0 aliphatic carbocycles. The van der Waals surface area contributed by atoms with E-state index in [0.29, 0.717) is 5.75 Å². The maximum atomic E-state index is 9.31. The second-order valence-corrected chi connectivity index (χ2v) is 4.63. The molecule has 0 radical (unpaired) electrons. The standard InChI is InChI=1S/C15H24O/c1-3-4-5-6-7-8-9-14-10-11-15(16)12-13(14)2/h10-12,16H,3-9H2,1-2H3. The van der Waals surface area contributed by atoms with Crippen LogP contribution in [0.15, 0.2) is 18.2 Å². The van der Waals surface area contributed by atoms with Gasteiger partial charge in [0, 0.05) is 0 Å². The van der Waals surface area contributed by atoms with Crippen molar-refractivity contribution in [3.05, 3.63) is 29.3 Å². The van der Waals surface area contributed by atoms with Gasteiger partial charge in [-0.15, -0.1) is 0 Å². The minimum absolute atomic E-state index is 0.379. The summed E-state index contributed by atoms with van der Waals surface area (Å²) >= 11 is 0. The van der Waals surface area contributed by atoms with Crippen LogP contribution in [-0.2, 0) is 6.42 Å². The number of unbranched alkanes of at least 4 members (excludes halogenated alkanes) is 5. The van der Waals surface area contributed by atoms with E-state index in [9.17, 15) is 5.11 Å². The Kier molecular flexibility index (Phi) is 5.99. The summed E-state index contributed by atoms with van der Waals surface area (Å²) in [7, 11) is 0. The molecule has 0 saturated carbocycles. The zero-order valence-corrected chi connectivity index (χ0v) is 10.6. The lowest BCUT2D eigenvalue weighted by molar-refractivity contribution is 0.474. The smallest absolute Gasteiger partial charge is 0.115 e. The largest absolute Gasteiger partial charge is 0.508 e. The first-order valence-corrected chi connectivity index (χ1v) is 6.52. The molecule has 16 heavy (non-hydrogen) atoms. The number of aromatic hydroxyl groups is 1. The van der Waals surface area contributed by atoms with Gasteiger partial charge in [-0.25, -0.2) is 0 Å². The normalized spacial score (nSPS) is 10.6. The zero-order chi connectivity index (χ0) is 11.8. The lowest BCUT2D eigenvalue weighted by Crippen LogP contribution is -1.90. The molecule has 0 unspecified atom stereocenters. The predicted molar refractivity (Wildman–Crippen MR) is 69.9 cm³/mol. The van der Waals surface area contributed by atoms with Crippen LogP contribution in [0.25, 0.3) is 0 Å². The van der Waals surface area contributed by atoms with Gasteiger partial charge in [-0.2, -0.15) is 0 Å². The third-order valence-corrected chi connectivity index (χ3v) is 3.13. The number of rotatable bonds is 7. The number of hydrogen-bond acceptors (Lipinski definition) is 1. The van der Waals surface area contributed by atoms with Crippen LogP contribution in [0.3, 0.4) is 0 Å². The molecule has 1 N–H and O–H groups in total. The van der Waals surface area contributed by atoms with E-state index in [4.69, 9.17) is 0 Å². The monoisotopic (exact) mass is 220 g/mol. The maximum Gasteiger partial charge on any atom is 0.115 e. The van der Waals surface area contributed by atoms with Crippen molar-refractivity contribution >= 4 is 0 Å². The average Bonchev–Trinajstić information content (AvgIpc) is 2.26. The highest BCUT2D eigenvalue weighted by Crippen LogP contribution is 2.18. The van der Waals surface area contributed by atoms with Crippen molar-refractivity contribution in [1.29, 1.82) is 0 Å². The fourth-order valence-electron chi connectivity index (χ4n) is 2.06. The van der Waals surface area contributed by atoms with E-state index in [-0.39, 0.29) is 0 Å². The number of hydrogen-bond donors (Lipinski definition) is 1. The molecule has 0 aromatic heterocycles. The minimum atomic E-state index is 0.379. The van der Waals surface area contributed by atoms with Crippen LogP contribution in [0.2, 0.25) is 0 Å². The molecule has 1 heteroatoms. The Morgan fingerprint density at radius 2 is 1.69 bits per heavy atom. The van der Waals surface area contributed by atoms with Gasteiger partial charge in [-0.3, -0.25) is 0 Å². The predicted octanol–water partition coefficient (Wildman–Crippen LogP) is 4.60. The Labute approximate surface area is 99.5 Å². The van der Waals surface area contributed by atoms with Gasteiger partial charge < -0.3 is 5.11 Å². The van der Waals surface area contributed by atoms with Crippen molar-refractivity contribution in [2.45, 2.75) is 58.8 Å². The van der Waals surface area contributed by atoms with Gasteiger partial charge in [0.15, 0.2) is 0 Å². The van der Waals surface area contributed by atoms with E-state index in [1.807, 2.05) is 6.07 Å². The topological polar surface area (TPSA) is 20.2 Å². The van der Waals surface area contributed by atoms with Gasteiger partial charge in [0.1, 0.15) is 5.75 Å². The Balaban J connectivity index is 2.21. The van der Waals surface area contributed by atoms with Crippen LogP contribution in [0.1, 0.15) is 56.6 Å². The van der Waals surface area contributed by atoms with Crippen LogP contribution in [0.4, 0.5) is 0 Å². The summed E-state index contributed by atoms with van der Waals surface area (Å²) in [5.41, 5.74) is 2.60. The third-order valence-electron chi connectivity index (χ3n) is 3.13. The molecular formula is C15H24O. The maximum absolute atomic E-state index is 9.31. The van der Waals surface area contributed by atoms with Gasteiger partial charge in [0.25, 0.3) is 0 Å². The van der Waals surface area contributed by atoms with E-state index in [1.54, 1.807) is 6.07 Å². The minimum Gasteiger partial charge on any atom is -0.508 e. The summed E-state index contributed by atoms with van der Waals surface area (Å²) in [5.74, 6) is 0.379. The fraction of sp³-hybridized carbons (Fsp3) is 0.600. The summed E-state index contributed by atoms with van der Waals surface area (Å²) in [6, 6.07) is 5.70. The van der Waals surface area contributed by atoms with Gasteiger partial charge in [-0.05, 0) is 43.0 Å². The number of phenols is 1. The van der Waals surface area contributed by atoms with Crippen molar-refractivity contribution < 1.29 is 5.11 Å². The summed E-state index contributed by atoms with van der Waals surface area (Å²) in [6.45, 7) is 4.33. The molecule has 0 amide bonds. The van der Waals surface area contributed by atoms with Crippen molar-refractivity contribution in [2.75, 3.05) is 0 Å². The molecule has 0 bridgehead atoms. The molecule has 1 rings (SSSR count). The lowest BCUT2D eigenvalue weighted by atomic mass is 10.0. The lowest BCUT2D eigenvalue weighted by Gasteiger charge is -2.06. The molecule has 0 heterocycles. The van der Waals surface area contributed by atoms with Crippen LogP contribution in [0.5, 0.6) is 5.75 Å². The second kappa shape index (κ2) is 7.32. The van der Waals surface area contributed by atoms with Crippen molar-refractivity contribution in [3.63, 3.8) is 0 Å². The molecule has 0 fully saturated rings. The first-order chi connectivity index (χ1) is 7.74. The summed E-state index contributed by atoms with van der Waals surface area (Å²) in [4.78, 5) is 0. The van der Waals surface area contributed by atoms with Crippen LogP contribution >= 0.6 is 0 Å². The molecule has 0 aliphatic rings. The second-order valence-electron chi connectivity index (χ2n) is 4.63. The fourth-order valence-corrected chi connectivity index (χ4v) is 2.06. The Morgan fingerprint density at radius 3 is 2.38 bits per heavy atom. The van der Waals surface area contributed by atoms with Gasteiger partial charge >= 0.3 is 0 Å². The molecule has 0 spiro atoms. The molecule has 90 valence electrons. The van der Waals surface area contributed by atoms with Crippen molar-refractivity contribution in [3.8, 4) is 5.75 Å². The van der Waals surface area contributed by atoms with E-state index >= 15 is 0 Å². The van der Waals surface area contributed by atoms with E-state index in [0.717, 1.165) is 6.42 Å². The number of benzene rings is 1. The highest BCUT2D eigenvalue weighted by atomic mass is 16.3. The molecule has 1 aromatic rings. The Hall–Kier alpha value is -0.980. The van der Waals surface area contributed by atoms with Gasteiger partial charge in [0.2, 0.25) is 0 Å². The van der Waals surface area contributed by atoms with Crippen LogP contribution < -0.4 is 0 Å². The highest BCUT2D eigenvalue weighted by molar-refractivity contribution is 5.33. The van der Waals surface area contributed by atoms with E-state index < -0.39 is 0 Å². The summed E-state index contributed by atoms with van der Waals surface area (Å²) in [6.07, 6.45) is 9.19. The first kappa shape index (κ1) is 13.1. The molecule has 0 atom stereocenters. The van der Waals surface area contributed by atoms with Gasteiger partial charge in [-0.1, -0.05) is 45.1 Å². The Morgan fingerprint density at radius 1 is 1.00 bits per heavy atom. The molecule has 1 aromatic carbocycles. The average molecular weight is 220 g/mol. The Bertz CT molecular complexity index is 304. The molecule has 0 aliphatic heterocycles. The summed E-state index contributed by atoms with van der Waals surface area (Å²) in [5, 5.41) is 9.31. The van der Waals surface area contributed by atoms with Crippen LogP contribution in [0, 0.1) is 6.92 Å². The highest BCUT2D eigenvalue weighted by Gasteiger charge is 1.99. The number of phenolic OH excluding ortho intramolecular Hbond substituents is 1. The zero-order valence-electron chi connectivity index (χ0n) is 10.6. The van der Waals surface area contributed by atoms with E-state index in [2.05, 4.69) is 19.9 Å². The number of aryl methyl sites for hydroxylation is 2. The first-order valence-electron chi connectivity index (χ1n) is 6.52. The van der Waals surface area contributed by atoms with Crippen LogP contribution in [-0.4, -0.2) is 5.11 Å².